The summed E-state index contributed by atoms with van der Waals surface area (Å²) < 4.78 is 47.4. The summed E-state index contributed by atoms with van der Waals surface area (Å²) in [6.45, 7) is 11.1. The molecule has 12 nitrogen and oxygen atoms in total. The van der Waals surface area contributed by atoms with Gasteiger partial charge < -0.3 is 23.8 Å². The first kappa shape index (κ1) is 34.1. The largest absolute Gasteiger partial charge is 0.513 e. The number of hydrogen-bond acceptors (Lipinski definition) is 9. The van der Waals surface area contributed by atoms with Crippen LogP contribution in [0.5, 0.6) is 11.5 Å². The number of H-pyrrole nitrogens is 1. The number of carbonyl (C=O) groups is 1. The number of hydrogen-bond donors (Lipinski definition) is 1. The Hall–Kier alpha value is -4.20. The van der Waals surface area contributed by atoms with Crippen LogP contribution in [0.1, 0.15) is 44.7 Å². The Morgan fingerprint density at radius 2 is 1.72 bits per heavy atom. The number of nitrogens with one attached hydrogen (secondary N) is 1. The van der Waals surface area contributed by atoms with Gasteiger partial charge in [-0.1, -0.05) is 38.0 Å². The lowest BCUT2D eigenvalue weighted by Crippen LogP contribution is -2.49. The van der Waals surface area contributed by atoms with Crippen LogP contribution in [0.4, 0.5) is 4.79 Å². The first-order chi connectivity index (χ1) is 22.6. The van der Waals surface area contributed by atoms with Crippen LogP contribution in [0.25, 0.3) is 22.4 Å². The van der Waals surface area contributed by atoms with Gasteiger partial charge in [0.15, 0.2) is 0 Å². The third-order valence-electron chi connectivity index (χ3n) is 8.14. The lowest BCUT2D eigenvalue weighted by Gasteiger charge is -2.33. The zero-order valence-corrected chi connectivity index (χ0v) is 28.3. The van der Waals surface area contributed by atoms with Crippen LogP contribution in [0.15, 0.2) is 58.4 Å². The van der Waals surface area contributed by atoms with Crippen LogP contribution < -0.4 is 15.0 Å². The van der Waals surface area contributed by atoms with Crippen LogP contribution in [0, 0.1) is 6.92 Å². The highest BCUT2D eigenvalue weighted by atomic mass is 32.2. The Bertz CT molecular complexity index is 1860. The van der Waals surface area contributed by atoms with E-state index in [1.54, 1.807) is 24.3 Å². The summed E-state index contributed by atoms with van der Waals surface area (Å²) in [4.78, 5) is 35.3. The molecular formula is C34H43N5O7S. The van der Waals surface area contributed by atoms with Gasteiger partial charge in [0, 0.05) is 45.5 Å². The quantitative estimate of drug-likeness (QED) is 0.155. The van der Waals surface area contributed by atoms with Crippen molar-refractivity contribution in [2.75, 3.05) is 45.9 Å². The molecule has 0 amide bonds. The molecular weight excluding hydrogens is 622 g/mol. The summed E-state index contributed by atoms with van der Waals surface area (Å²) in [5, 5.41) is 0. The Morgan fingerprint density at radius 3 is 2.40 bits per heavy atom. The highest BCUT2D eigenvalue weighted by Gasteiger charge is 2.30. The predicted octanol–water partition coefficient (Wildman–Crippen LogP) is 4.98. The molecule has 0 saturated carbocycles. The number of carbonyl (C=O) groups excluding carboxylic acids is 1. The van der Waals surface area contributed by atoms with Gasteiger partial charge in [-0.15, -0.1) is 0 Å². The minimum absolute atomic E-state index is 0.0923. The van der Waals surface area contributed by atoms with Crippen molar-refractivity contribution in [1.29, 1.82) is 0 Å². The summed E-state index contributed by atoms with van der Waals surface area (Å²) in [5.41, 5.74) is 3.28. The molecule has 0 radical (unpaired) electrons. The summed E-state index contributed by atoms with van der Waals surface area (Å²) in [7, 11) is -3.87. The second kappa shape index (κ2) is 15.1. The van der Waals surface area contributed by atoms with Crippen molar-refractivity contribution >= 4 is 27.2 Å². The summed E-state index contributed by atoms with van der Waals surface area (Å²) in [5.74, 6) is 1.13. The van der Waals surface area contributed by atoms with Crippen LogP contribution in [0.2, 0.25) is 0 Å². The smallest absolute Gasteiger partial charge is 0.493 e. The Morgan fingerprint density at radius 1 is 0.979 bits per heavy atom. The molecule has 0 atom stereocenters. The van der Waals surface area contributed by atoms with Crippen molar-refractivity contribution in [1.82, 2.24) is 23.7 Å². The second-order valence-electron chi connectivity index (χ2n) is 11.6. The van der Waals surface area contributed by atoms with E-state index in [0.29, 0.717) is 60.9 Å². The molecule has 3 heterocycles. The average Bonchev–Trinajstić information content (AvgIpc) is 3.43. The number of sulfonamides is 1. The second-order valence-corrected chi connectivity index (χ2v) is 13.5. The molecule has 1 aliphatic heterocycles. The zero-order valence-electron chi connectivity index (χ0n) is 27.5. The summed E-state index contributed by atoms with van der Waals surface area (Å²) in [6, 6.07) is 11.8. The van der Waals surface area contributed by atoms with Crippen molar-refractivity contribution in [2.24, 2.45) is 0 Å². The van der Waals surface area contributed by atoms with Crippen LogP contribution in [0.3, 0.4) is 0 Å². The van der Waals surface area contributed by atoms with E-state index in [1.165, 1.54) is 10.4 Å². The van der Waals surface area contributed by atoms with E-state index >= 15 is 0 Å². The molecule has 1 aliphatic rings. The van der Waals surface area contributed by atoms with E-state index in [9.17, 15) is 18.0 Å². The van der Waals surface area contributed by atoms with Gasteiger partial charge in [0.1, 0.15) is 29.4 Å². The fourth-order valence-electron chi connectivity index (χ4n) is 5.63. The minimum atomic E-state index is -3.87. The number of rotatable bonds is 13. The average molecular weight is 666 g/mol. The van der Waals surface area contributed by atoms with Gasteiger partial charge in [0.25, 0.3) is 5.56 Å². The number of nitrogens with zero attached hydrogens (tertiary/aromatic N) is 4. The topological polar surface area (TPSA) is 136 Å². The first-order valence-corrected chi connectivity index (χ1v) is 17.6. The maximum atomic E-state index is 13.8. The van der Waals surface area contributed by atoms with Crippen molar-refractivity contribution in [2.45, 2.75) is 58.4 Å². The van der Waals surface area contributed by atoms with E-state index in [1.807, 2.05) is 48.6 Å². The fraction of sp³-hybridized carbons (Fsp3) is 0.441. The standard InChI is InChI=1S/C34H43N5O7S/c1-5-8-25-23-38(7-3)31-30(25)35-32(36-33(31)40)28-22-27(13-14-29(28)44-20-6-2)47(42,43)39-17-15-37(16-18-39)19-21-45-34(41)46-26-11-9-24(4)10-12-26/h9-14,22-23H,5-8,15-21H2,1-4H3,(H,35,36,40). The molecule has 1 N–H and O–H groups in total. The monoisotopic (exact) mass is 665 g/mol. The Labute approximate surface area is 275 Å². The van der Waals surface area contributed by atoms with Gasteiger partial charge in [-0.25, -0.2) is 18.2 Å². The van der Waals surface area contributed by atoms with E-state index in [4.69, 9.17) is 19.2 Å². The van der Waals surface area contributed by atoms with Crippen molar-refractivity contribution < 1.29 is 27.4 Å². The molecule has 5 rings (SSSR count). The van der Waals surface area contributed by atoms with E-state index in [-0.39, 0.29) is 36.0 Å². The van der Waals surface area contributed by atoms with E-state index in [0.717, 1.165) is 30.4 Å². The molecule has 2 aromatic carbocycles. The van der Waals surface area contributed by atoms with Crippen molar-refractivity contribution in [3.8, 4) is 22.9 Å². The lowest BCUT2D eigenvalue weighted by atomic mass is 10.1. The number of aromatic nitrogens is 3. The number of ether oxygens (including phenoxy) is 3. The van der Waals surface area contributed by atoms with Gasteiger partial charge in [-0.3, -0.25) is 9.69 Å². The zero-order chi connectivity index (χ0) is 33.6. The van der Waals surface area contributed by atoms with Gasteiger partial charge in [0.05, 0.1) is 22.6 Å². The summed E-state index contributed by atoms with van der Waals surface area (Å²) >= 11 is 0. The van der Waals surface area contributed by atoms with Crippen molar-refractivity contribution in [3.05, 3.63) is 70.1 Å². The Kier molecular flexibility index (Phi) is 11.0. The maximum absolute atomic E-state index is 13.8. The molecule has 252 valence electrons. The molecule has 1 saturated heterocycles. The summed E-state index contributed by atoms with van der Waals surface area (Å²) in [6.07, 6.45) is 3.61. The molecule has 0 spiro atoms. The highest BCUT2D eigenvalue weighted by Crippen LogP contribution is 2.33. The number of aromatic amines is 1. The molecule has 13 heteroatoms. The lowest BCUT2D eigenvalue weighted by molar-refractivity contribution is 0.0809. The Balaban J connectivity index is 1.30. The number of benzene rings is 2. The van der Waals surface area contributed by atoms with E-state index in [2.05, 4.69) is 11.9 Å². The molecule has 0 aliphatic carbocycles. The first-order valence-electron chi connectivity index (χ1n) is 16.2. The molecule has 1 fully saturated rings. The SMILES string of the molecule is CCCOc1ccc(S(=O)(=O)N2CCN(CCOC(=O)Oc3ccc(C)cc3)CC2)cc1-c1nc2c(CCC)cn(CC)c2c(=O)[nH]1. The molecule has 0 unspecified atom stereocenters. The van der Waals surface area contributed by atoms with Crippen LogP contribution in [-0.4, -0.2) is 84.3 Å². The molecule has 0 bridgehead atoms. The maximum Gasteiger partial charge on any atom is 0.513 e. The van der Waals surface area contributed by atoms with Gasteiger partial charge in [0.2, 0.25) is 10.0 Å². The minimum Gasteiger partial charge on any atom is -0.493 e. The van der Waals surface area contributed by atoms with Crippen LogP contribution in [-0.2, 0) is 27.7 Å². The normalized spacial score (nSPS) is 14.4. The van der Waals surface area contributed by atoms with Gasteiger partial charge >= 0.3 is 6.16 Å². The molecule has 2 aromatic heterocycles. The van der Waals surface area contributed by atoms with E-state index < -0.39 is 16.2 Å². The van der Waals surface area contributed by atoms with Gasteiger partial charge in [-0.05, 0) is 62.6 Å². The third kappa shape index (κ3) is 7.86. The molecule has 47 heavy (non-hydrogen) atoms. The van der Waals surface area contributed by atoms with Crippen molar-refractivity contribution in [3.63, 3.8) is 0 Å². The third-order valence-corrected chi connectivity index (χ3v) is 10.0. The predicted molar refractivity (Wildman–Crippen MR) is 180 cm³/mol. The molecule has 4 aromatic rings. The fourth-order valence-corrected chi connectivity index (χ4v) is 7.07. The number of piperazine rings is 1. The number of fused-ring (bicyclic) bond motifs is 1. The van der Waals surface area contributed by atoms with Crippen LogP contribution >= 0.6 is 0 Å². The number of aryl methyl sites for hydroxylation is 3. The van der Waals surface area contributed by atoms with Gasteiger partial charge in [-0.2, -0.15) is 4.31 Å². The highest BCUT2D eigenvalue weighted by molar-refractivity contribution is 7.89.